The zero-order valence-electron chi connectivity index (χ0n) is 12.7. The summed E-state index contributed by atoms with van der Waals surface area (Å²) in [5, 5.41) is 6.46. The maximum Gasteiger partial charge on any atom is 0.239 e. The number of aromatic nitrogens is 1. The fourth-order valence-electron chi connectivity index (χ4n) is 3.83. The van der Waals surface area contributed by atoms with E-state index < -0.39 is 0 Å². The Balaban J connectivity index is 1.67. The van der Waals surface area contributed by atoms with Crippen LogP contribution in [0.1, 0.15) is 37.9 Å². The largest absolute Gasteiger partial charge is 0.368 e. The molecule has 2 heterocycles. The minimum Gasteiger partial charge on any atom is -0.368 e. The number of aryl methyl sites for hydroxylation is 1. The third-order valence-electron chi connectivity index (χ3n) is 4.77. The van der Waals surface area contributed by atoms with E-state index in [0.717, 1.165) is 25.7 Å². The fourth-order valence-corrected chi connectivity index (χ4v) is 3.83. The Bertz CT molecular complexity index is 571. The van der Waals surface area contributed by atoms with Gasteiger partial charge in [0, 0.05) is 12.1 Å². The number of primary amides is 1. The lowest BCUT2D eigenvalue weighted by Gasteiger charge is -2.32. The molecule has 2 aliphatic rings. The minimum atomic E-state index is -0.335. The highest BCUT2D eigenvalue weighted by molar-refractivity contribution is 5.92. The van der Waals surface area contributed by atoms with Gasteiger partial charge in [0.25, 0.3) is 0 Å². The lowest BCUT2D eigenvalue weighted by molar-refractivity contribution is -0.124. The molecule has 1 saturated heterocycles. The van der Waals surface area contributed by atoms with Crippen LogP contribution in [0.3, 0.4) is 0 Å². The van der Waals surface area contributed by atoms with Crippen LogP contribution in [-0.4, -0.2) is 40.5 Å². The normalized spacial score (nSPS) is 28.3. The van der Waals surface area contributed by atoms with Gasteiger partial charge in [0.15, 0.2) is 5.82 Å². The third-order valence-corrected chi connectivity index (χ3v) is 4.77. The Kier molecular flexibility index (Phi) is 4.15. The lowest BCUT2D eigenvalue weighted by Crippen LogP contribution is -2.48. The van der Waals surface area contributed by atoms with E-state index in [0.29, 0.717) is 17.5 Å². The highest BCUT2D eigenvalue weighted by Gasteiger charge is 2.44. The average Bonchev–Trinajstić information content (AvgIpc) is 3.03. The Morgan fingerprint density at radius 3 is 2.91 bits per heavy atom. The van der Waals surface area contributed by atoms with Crippen molar-refractivity contribution >= 4 is 17.6 Å². The third kappa shape index (κ3) is 2.99. The van der Waals surface area contributed by atoms with Crippen LogP contribution in [0.5, 0.6) is 0 Å². The van der Waals surface area contributed by atoms with Gasteiger partial charge in [-0.25, -0.2) is 0 Å². The molecular formula is C15H22N4O3. The summed E-state index contributed by atoms with van der Waals surface area (Å²) in [5.74, 6) is 0.995. The number of fused-ring (bicyclic) bond motifs is 1. The molecule has 0 aromatic carbocycles. The Morgan fingerprint density at radius 2 is 2.23 bits per heavy atom. The zero-order chi connectivity index (χ0) is 15.7. The molecule has 1 aliphatic heterocycles. The molecule has 1 aliphatic carbocycles. The molecule has 1 saturated carbocycles. The summed E-state index contributed by atoms with van der Waals surface area (Å²) in [6.07, 6.45) is 5.27. The van der Waals surface area contributed by atoms with Gasteiger partial charge in [0.05, 0.1) is 12.6 Å². The number of carbonyl (C=O) groups is 2. The van der Waals surface area contributed by atoms with Gasteiger partial charge in [-0.1, -0.05) is 18.0 Å². The summed E-state index contributed by atoms with van der Waals surface area (Å²) < 4.78 is 4.93. The minimum absolute atomic E-state index is 0.167. The van der Waals surface area contributed by atoms with Gasteiger partial charge >= 0.3 is 0 Å². The van der Waals surface area contributed by atoms with Gasteiger partial charge in [-0.2, -0.15) is 0 Å². The van der Waals surface area contributed by atoms with Gasteiger partial charge < -0.3 is 15.6 Å². The Hall–Kier alpha value is -1.89. The van der Waals surface area contributed by atoms with Crippen molar-refractivity contribution in [1.82, 2.24) is 10.1 Å². The number of nitrogens with two attached hydrogens (primary N) is 1. The smallest absolute Gasteiger partial charge is 0.239 e. The van der Waals surface area contributed by atoms with E-state index in [2.05, 4.69) is 10.5 Å². The van der Waals surface area contributed by atoms with Crippen molar-refractivity contribution in [1.29, 1.82) is 0 Å². The predicted molar refractivity (Wildman–Crippen MR) is 79.9 cm³/mol. The second-order valence-electron chi connectivity index (χ2n) is 6.31. The number of hydrogen-bond donors (Lipinski definition) is 2. The molecule has 3 N–H and O–H groups in total. The summed E-state index contributed by atoms with van der Waals surface area (Å²) in [7, 11) is 0. The number of rotatable bonds is 4. The molecule has 1 aromatic rings. The monoisotopic (exact) mass is 306 g/mol. The van der Waals surface area contributed by atoms with E-state index in [4.69, 9.17) is 10.3 Å². The van der Waals surface area contributed by atoms with Crippen LogP contribution in [0.25, 0.3) is 0 Å². The topological polar surface area (TPSA) is 101 Å². The molecule has 22 heavy (non-hydrogen) atoms. The van der Waals surface area contributed by atoms with E-state index in [1.807, 2.05) is 4.90 Å². The molecule has 7 nitrogen and oxygen atoms in total. The van der Waals surface area contributed by atoms with E-state index in [1.165, 1.54) is 6.42 Å². The molecule has 0 bridgehead atoms. The summed E-state index contributed by atoms with van der Waals surface area (Å²) in [6, 6.07) is 1.62. The molecule has 120 valence electrons. The summed E-state index contributed by atoms with van der Waals surface area (Å²) >= 11 is 0. The van der Waals surface area contributed by atoms with Crippen molar-refractivity contribution in [3.8, 4) is 0 Å². The molecule has 2 amide bonds. The van der Waals surface area contributed by atoms with Crippen LogP contribution in [0, 0.1) is 12.8 Å². The van der Waals surface area contributed by atoms with Gasteiger partial charge in [-0.05, 0) is 32.1 Å². The van der Waals surface area contributed by atoms with Gasteiger partial charge in [-0.3, -0.25) is 14.5 Å². The maximum atomic E-state index is 12.2. The molecule has 1 aromatic heterocycles. The Labute approximate surface area is 129 Å². The summed E-state index contributed by atoms with van der Waals surface area (Å²) in [5.41, 5.74) is 5.53. The summed E-state index contributed by atoms with van der Waals surface area (Å²) in [4.78, 5) is 25.9. The van der Waals surface area contributed by atoms with Gasteiger partial charge in [0.2, 0.25) is 11.8 Å². The predicted octanol–water partition coefficient (Wildman–Crippen LogP) is 1.04. The van der Waals surface area contributed by atoms with E-state index in [1.54, 1.807) is 13.0 Å². The van der Waals surface area contributed by atoms with Crippen molar-refractivity contribution in [2.75, 3.05) is 11.9 Å². The first-order valence-electron chi connectivity index (χ1n) is 7.83. The van der Waals surface area contributed by atoms with Gasteiger partial charge in [-0.15, -0.1) is 0 Å². The molecule has 3 atom stereocenters. The van der Waals surface area contributed by atoms with E-state index >= 15 is 0 Å². The first kappa shape index (κ1) is 15.0. The van der Waals surface area contributed by atoms with Crippen molar-refractivity contribution in [3.63, 3.8) is 0 Å². The number of likely N-dealkylation sites (tertiary alicyclic amines) is 1. The Morgan fingerprint density at radius 1 is 1.45 bits per heavy atom. The van der Waals surface area contributed by atoms with Crippen molar-refractivity contribution in [2.45, 2.75) is 51.1 Å². The number of nitrogens with zero attached hydrogens (tertiary/aromatic N) is 2. The quantitative estimate of drug-likeness (QED) is 0.865. The van der Waals surface area contributed by atoms with Crippen LogP contribution in [0.15, 0.2) is 10.6 Å². The number of anilines is 1. The molecule has 7 heteroatoms. The van der Waals surface area contributed by atoms with Crippen molar-refractivity contribution < 1.29 is 14.1 Å². The molecule has 3 rings (SSSR count). The number of carbonyl (C=O) groups excluding carboxylic acids is 2. The maximum absolute atomic E-state index is 12.2. The SMILES string of the molecule is Cc1cc(NC(=O)CN2[C@@H]3CCCC[C@H]3C[C@H]2C(N)=O)no1. The molecule has 0 unspecified atom stereocenters. The molecular weight excluding hydrogens is 284 g/mol. The van der Waals surface area contributed by atoms with E-state index in [9.17, 15) is 9.59 Å². The molecule has 2 fully saturated rings. The van der Waals surface area contributed by atoms with Crippen LogP contribution in [-0.2, 0) is 9.59 Å². The number of hydrogen-bond acceptors (Lipinski definition) is 5. The number of nitrogens with one attached hydrogen (secondary N) is 1. The van der Waals surface area contributed by atoms with Crippen LogP contribution in [0.4, 0.5) is 5.82 Å². The standard InChI is InChI=1S/C15H22N4O3/c1-9-6-13(18-22-9)17-14(20)8-19-11-5-3-2-4-10(11)7-12(19)15(16)21/h6,10-12H,2-5,7-8H2,1H3,(H2,16,21)(H,17,18,20)/t10-,11+,12-/m0/s1. The van der Waals surface area contributed by atoms with Crippen molar-refractivity contribution in [3.05, 3.63) is 11.8 Å². The van der Waals surface area contributed by atoms with Crippen LogP contribution < -0.4 is 11.1 Å². The van der Waals surface area contributed by atoms with E-state index in [-0.39, 0.29) is 30.4 Å². The fraction of sp³-hybridized carbons (Fsp3) is 0.667. The highest BCUT2D eigenvalue weighted by Crippen LogP contribution is 2.39. The second kappa shape index (κ2) is 6.08. The number of amides is 2. The second-order valence-corrected chi connectivity index (χ2v) is 6.31. The molecule has 0 spiro atoms. The summed E-state index contributed by atoms with van der Waals surface area (Å²) in [6.45, 7) is 1.93. The average molecular weight is 306 g/mol. The highest BCUT2D eigenvalue weighted by atomic mass is 16.5. The van der Waals surface area contributed by atoms with Crippen molar-refractivity contribution in [2.24, 2.45) is 11.7 Å². The zero-order valence-corrected chi connectivity index (χ0v) is 12.7. The van der Waals surface area contributed by atoms with Crippen LogP contribution in [0.2, 0.25) is 0 Å². The lowest BCUT2D eigenvalue weighted by atomic mass is 9.85. The van der Waals surface area contributed by atoms with Gasteiger partial charge in [0.1, 0.15) is 5.76 Å². The molecule has 0 radical (unpaired) electrons. The first-order chi connectivity index (χ1) is 10.5. The van der Waals surface area contributed by atoms with Crippen LogP contribution >= 0.6 is 0 Å². The first-order valence-corrected chi connectivity index (χ1v) is 7.83.